The van der Waals surface area contributed by atoms with Gasteiger partial charge in [-0.3, -0.25) is 0 Å². The van der Waals surface area contributed by atoms with Crippen molar-refractivity contribution in [1.82, 2.24) is 0 Å². The standard InChI is InChI=1S/C15H21FO2/c1-10-4-5-11(16)13(8-10)18-14-9-15(2,3)7-6-12(14)17/h4-5,8,12,14,17H,6-7,9H2,1-3H3. The van der Waals surface area contributed by atoms with Gasteiger partial charge >= 0.3 is 0 Å². The summed E-state index contributed by atoms with van der Waals surface area (Å²) in [6.07, 6.45) is 1.62. The van der Waals surface area contributed by atoms with Gasteiger partial charge in [-0.2, -0.15) is 0 Å². The summed E-state index contributed by atoms with van der Waals surface area (Å²) in [6.45, 7) is 6.21. The highest BCUT2D eigenvalue weighted by atomic mass is 19.1. The monoisotopic (exact) mass is 252 g/mol. The molecular weight excluding hydrogens is 231 g/mol. The fraction of sp³-hybridized carbons (Fsp3) is 0.600. The quantitative estimate of drug-likeness (QED) is 0.873. The van der Waals surface area contributed by atoms with Crippen molar-refractivity contribution in [3.05, 3.63) is 29.6 Å². The lowest BCUT2D eigenvalue weighted by Gasteiger charge is -2.38. The molecule has 0 bridgehead atoms. The second-order valence-corrected chi connectivity index (χ2v) is 6.06. The molecule has 2 nitrogen and oxygen atoms in total. The van der Waals surface area contributed by atoms with E-state index < -0.39 is 6.10 Å². The summed E-state index contributed by atoms with van der Waals surface area (Å²) in [7, 11) is 0. The summed E-state index contributed by atoms with van der Waals surface area (Å²) in [5.41, 5.74) is 1.10. The van der Waals surface area contributed by atoms with Gasteiger partial charge < -0.3 is 9.84 Å². The van der Waals surface area contributed by atoms with E-state index in [9.17, 15) is 9.50 Å². The normalized spacial score (nSPS) is 26.9. The highest BCUT2D eigenvalue weighted by molar-refractivity contribution is 5.29. The maximum Gasteiger partial charge on any atom is 0.165 e. The van der Waals surface area contributed by atoms with E-state index in [-0.39, 0.29) is 23.1 Å². The first kappa shape index (κ1) is 13.3. The molecule has 0 amide bonds. The molecule has 1 aliphatic rings. The predicted octanol–water partition coefficient (Wildman–Crippen LogP) is 3.45. The largest absolute Gasteiger partial charge is 0.485 e. The Morgan fingerprint density at radius 3 is 2.83 bits per heavy atom. The molecule has 2 rings (SSSR count). The van der Waals surface area contributed by atoms with Crippen LogP contribution in [0.25, 0.3) is 0 Å². The van der Waals surface area contributed by atoms with Crippen molar-refractivity contribution in [2.24, 2.45) is 5.41 Å². The van der Waals surface area contributed by atoms with Crippen LogP contribution in [-0.4, -0.2) is 17.3 Å². The van der Waals surface area contributed by atoms with Gasteiger partial charge in [0.1, 0.15) is 6.10 Å². The van der Waals surface area contributed by atoms with Crippen LogP contribution in [-0.2, 0) is 0 Å². The average Bonchev–Trinajstić information content (AvgIpc) is 2.28. The zero-order valence-corrected chi connectivity index (χ0v) is 11.2. The van der Waals surface area contributed by atoms with Crippen molar-refractivity contribution in [2.45, 2.75) is 52.2 Å². The fourth-order valence-electron chi connectivity index (χ4n) is 2.49. The van der Waals surface area contributed by atoms with Crippen LogP contribution in [0.3, 0.4) is 0 Å². The Balaban J connectivity index is 2.14. The minimum atomic E-state index is -0.502. The molecule has 1 aromatic carbocycles. The minimum absolute atomic E-state index is 0.143. The SMILES string of the molecule is Cc1ccc(F)c(OC2CC(C)(C)CCC2O)c1. The van der Waals surface area contributed by atoms with Gasteiger partial charge in [0.05, 0.1) is 6.10 Å². The van der Waals surface area contributed by atoms with Crippen LogP contribution < -0.4 is 4.74 Å². The number of benzene rings is 1. The van der Waals surface area contributed by atoms with E-state index in [1.807, 2.05) is 6.92 Å². The molecular formula is C15H21FO2. The molecule has 3 heteroatoms. The summed E-state index contributed by atoms with van der Waals surface area (Å²) in [5.74, 6) is -0.118. The number of aliphatic hydroxyl groups excluding tert-OH is 1. The maximum atomic E-state index is 13.6. The molecule has 1 saturated carbocycles. The van der Waals surface area contributed by atoms with Gasteiger partial charge in [0.2, 0.25) is 0 Å². The molecule has 1 aromatic rings. The minimum Gasteiger partial charge on any atom is -0.485 e. The number of rotatable bonds is 2. The Morgan fingerprint density at radius 2 is 2.11 bits per heavy atom. The summed E-state index contributed by atoms with van der Waals surface area (Å²) in [4.78, 5) is 0. The van der Waals surface area contributed by atoms with E-state index in [1.165, 1.54) is 6.07 Å². The molecule has 2 unspecified atom stereocenters. The summed E-state index contributed by atoms with van der Waals surface area (Å²) >= 11 is 0. The zero-order valence-electron chi connectivity index (χ0n) is 11.2. The van der Waals surface area contributed by atoms with E-state index in [2.05, 4.69) is 13.8 Å². The van der Waals surface area contributed by atoms with Gasteiger partial charge in [0, 0.05) is 0 Å². The number of ether oxygens (including phenoxy) is 1. The second kappa shape index (κ2) is 4.88. The van der Waals surface area contributed by atoms with Gasteiger partial charge in [-0.15, -0.1) is 0 Å². The molecule has 0 aromatic heterocycles. The van der Waals surface area contributed by atoms with Crippen LogP contribution in [0.2, 0.25) is 0 Å². The van der Waals surface area contributed by atoms with E-state index in [0.29, 0.717) is 6.42 Å². The Morgan fingerprint density at radius 1 is 1.39 bits per heavy atom. The third-order valence-corrected chi connectivity index (χ3v) is 3.66. The van der Waals surface area contributed by atoms with Crippen molar-refractivity contribution in [1.29, 1.82) is 0 Å². The highest BCUT2D eigenvalue weighted by Gasteiger charge is 2.35. The van der Waals surface area contributed by atoms with Crippen molar-refractivity contribution < 1.29 is 14.2 Å². The van der Waals surface area contributed by atoms with Crippen molar-refractivity contribution >= 4 is 0 Å². The summed E-state index contributed by atoms with van der Waals surface area (Å²) in [5, 5.41) is 9.98. The number of halogens is 1. The van der Waals surface area contributed by atoms with E-state index in [0.717, 1.165) is 18.4 Å². The van der Waals surface area contributed by atoms with E-state index in [1.54, 1.807) is 12.1 Å². The van der Waals surface area contributed by atoms with E-state index in [4.69, 9.17) is 4.74 Å². The predicted molar refractivity (Wildman–Crippen MR) is 69.2 cm³/mol. The van der Waals surface area contributed by atoms with Crippen LogP contribution in [0, 0.1) is 18.2 Å². The van der Waals surface area contributed by atoms with Gasteiger partial charge in [-0.25, -0.2) is 4.39 Å². The fourth-order valence-corrected chi connectivity index (χ4v) is 2.49. The van der Waals surface area contributed by atoms with Gasteiger partial charge in [-0.1, -0.05) is 19.9 Å². The molecule has 1 aliphatic carbocycles. The van der Waals surface area contributed by atoms with Crippen molar-refractivity contribution in [3.8, 4) is 5.75 Å². The lowest BCUT2D eigenvalue weighted by atomic mass is 9.75. The zero-order chi connectivity index (χ0) is 13.3. The highest BCUT2D eigenvalue weighted by Crippen LogP contribution is 2.37. The van der Waals surface area contributed by atoms with Gasteiger partial charge in [-0.05, 0) is 49.3 Å². The first-order chi connectivity index (χ1) is 8.37. The van der Waals surface area contributed by atoms with Crippen LogP contribution in [0.15, 0.2) is 18.2 Å². The first-order valence-electron chi connectivity index (χ1n) is 6.48. The smallest absolute Gasteiger partial charge is 0.165 e. The van der Waals surface area contributed by atoms with Crippen LogP contribution in [0.4, 0.5) is 4.39 Å². The van der Waals surface area contributed by atoms with Crippen molar-refractivity contribution in [2.75, 3.05) is 0 Å². The average molecular weight is 252 g/mol. The topological polar surface area (TPSA) is 29.5 Å². The van der Waals surface area contributed by atoms with Gasteiger partial charge in [0.15, 0.2) is 11.6 Å². The number of hydrogen-bond acceptors (Lipinski definition) is 2. The lowest BCUT2D eigenvalue weighted by Crippen LogP contribution is -2.41. The second-order valence-electron chi connectivity index (χ2n) is 6.06. The van der Waals surface area contributed by atoms with E-state index >= 15 is 0 Å². The number of aliphatic hydroxyl groups is 1. The summed E-state index contributed by atoms with van der Waals surface area (Å²) in [6, 6.07) is 4.80. The van der Waals surface area contributed by atoms with Crippen LogP contribution >= 0.6 is 0 Å². The first-order valence-corrected chi connectivity index (χ1v) is 6.48. The molecule has 100 valence electrons. The number of hydrogen-bond donors (Lipinski definition) is 1. The van der Waals surface area contributed by atoms with Crippen molar-refractivity contribution in [3.63, 3.8) is 0 Å². The molecule has 2 atom stereocenters. The van der Waals surface area contributed by atoms with Crippen LogP contribution in [0.1, 0.15) is 38.7 Å². The Bertz CT molecular complexity index is 429. The molecule has 0 radical (unpaired) electrons. The molecule has 1 fully saturated rings. The Kier molecular flexibility index (Phi) is 3.62. The molecule has 0 spiro atoms. The summed E-state index contributed by atoms with van der Waals surface area (Å²) < 4.78 is 19.3. The third kappa shape index (κ3) is 3.02. The Labute approximate surface area is 108 Å². The molecule has 0 heterocycles. The lowest BCUT2D eigenvalue weighted by molar-refractivity contribution is -0.0319. The molecule has 18 heavy (non-hydrogen) atoms. The van der Waals surface area contributed by atoms with Crippen LogP contribution in [0.5, 0.6) is 5.75 Å². The molecule has 0 saturated heterocycles. The number of aryl methyl sites for hydroxylation is 1. The third-order valence-electron chi connectivity index (χ3n) is 3.66. The Hall–Kier alpha value is -1.09. The molecule has 1 N–H and O–H groups in total. The van der Waals surface area contributed by atoms with Gasteiger partial charge in [0.25, 0.3) is 0 Å². The maximum absolute atomic E-state index is 13.6. The molecule has 0 aliphatic heterocycles.